The van der Waals surface area contributed by atoms with Gasteiger partial charge in [0.1, 0.15) is 29.5 Å². The van der Waals surface area contributed by atoms with Crippen LogP contribution in [0.15, 0.2) is 18.2 Å². The first-order valence-corrected chi connectivity index (χ1v) is 10.4. The van der Waals surface area contributed by atoms with Gasteiger partial charge in [-0.05, 0) is 38.3 Å². The van der Waals surface area contributed by atoms with Crippen LogP contribution < -0.4 is 15.0 Å². The molecule has 1 fully saturated rings. The molecule has 0 unspecified atom stereocenters. The molecule has 4 rings (SSSR count). The number of nitrogens with one attached hydrogen (secondary N) is 1. The molecule has 1 saturated heterocycles. The highest BCUT2D eigenvalue weighted by Crippen LogP contribution is 2.37. The minimum absolute atomic E-state index is 0.0227. The van der Waals surface area contributed by atoms with Crippen molar-refractivity contribution in [2.75, 3.05) is 29.9 Å². The number of halogens is 4. The van der Waals surface area contributed by atoms with E-state index >= 15 is 0 Å². The van der Waals surface area contributed by atoms with E-state index in [-0.39, 0.29) is 61.3 Å². The van der Waals surface area contributed by atoms with Crippen LogP contribution in [0.3, 0.4) is 0 Å². The first-order chi connectivity index (χ1) is 14.7. The number of aliphatic hydroxyl groups is 1. The molecule has 0 bridgehead atoms. The first-order valence-electron chi connectivity index (χ1n) is 10.0. The summed E-state index contributed by atoms with van der Waals surface area (Å²) in [6.45, 7) is 1.91. The Morgan fingerprint density at radius 1 is 1.13 bits per heavy atom. The summed E-state index contributed by atoms with van der Waals surface area (Å²) < 4.78 is 48.5. The van der Waals surface area contributed by atoms with Gasteiger partial charge in [0.2, 0.25) is 5.91 Å². The summed E-state index contributed by atoms with van der Waals surface area (Å²) in [5.74, 6) is -1.92. The summed E-state index contributed by atoms with van der Waals surface area (Å²) in [5.41, 5.74) is 0.0565. The zero-order chi connectivity index (χ0) is 22.3. The van der Waals surface area contributed by atoms with E-state index in [1.54, 1.807) is 6.92 Å². The van der Waals surface area contributed by atoms with Gasteiger partial charge in [0, 0.05) is 41.7 Å². The molecule has 2 aromatic rings. The van der Waals surface area contributed by atoms with Crippen LogP contribution in [-0.4, -0.2) is 36.3 Å². The van der Waals surface area contributed by atoms with Crippen molar-refractivity contribution in [3.05, 3.63) is 51.8 Å². The van der Waals surface area contributed by atoms with Crippen molar-refractivity contribution in [2.45, 2.75) is 38.2 Å². The summed E-state index contributed by atoms with van der Waals surface area (Å²) in [7, 11) is 0. The van der Waals surface area contributed by atoms with E-state index in [1.807, 2.05) is 0 Å². The van der Waals surface area contributed by atoms with Gasteiger partial charge < -0.3 is 20.1 Å². The standard InChI is InChI=1S/C22H22ClF3N2O3/c1-12-15(24)10-18(14-2-3-19(29)27-20(12)14)31-11-22(30)4-6-28(7-5-22)21-16(25)8-13(23)9-17(21)26/h8-10,30H,2-7,11H2,1H3,(H,27,29). The molecule has 2 aliphatic heterocycles. The summed E-state index contributed by atoms with van der Waals surface area (Å²) >= 11 is 5.68. The van der Waals surface area contributed by atoms with Crippen LogP contribution in [0.5, 0.6) is 5.75 Å². The van der Waals surface area contributed by atoms with Crippen molar-refractivity contribution >= 4 is 28.9 Å². The van der Waals surface area contributed by atoms with Crippen LogP contribution in [-0.2, 0) is 11.2 Å². The monoisotopic (exact) mass is 454 g/mol. The van der Waals surface area contributed by atoms with Gasteiger partial charge in [-0.1, -0.05) is 11.6 Å². The Morgan fingerprint density at radius 3 is 2.42 bits per heavy atom. The number of hydrogen-bond donors (Lipinski definition) is 2. The Labute approximate surface area is 182 Å². The molecule has 0 atom stereocenters. The van der Waals surface area contributed by atoms with Gasteiger partial charge in [0.25, 0.3) is 0 Å². The molecule has 2 aliphatic rings. The second-order valence-electron chi connectivity index (χ2n) is 8.10. The van der Waals surface area contributed by atoms with Gasteiger partial charge in [0.05, 0.1) is 5.69 Å². The van der Waals surface area contributed by atoms with Crippen LogP contribution in [0.2, 0.25) is 5.02 Å². The average Bonchev–Trinajstić information content (AvgIpc) is 2.70. The molecular weight excluding hydrogens is 433 g/mol. The number of piperidine rings is 1. The van der Waals surface area contributed by atoms with Crippen LogP contribution in [0.1, 0.15) is 30.4 Å². The highest BCUT2D eigenvalue weighted by atomic mass is 35.5. The molecule has 0 spiro atoms. The smallest absolute Gasteiger partial charge is 0.224 e. The van der Waals surface area contributed by atoms with Crippen molar-refractivity contribution in [1.29, 1.82) is 0 Å². The number of rotatable bonds is 4. The fourth-order valence-electron chi connectivity index (χ4n) is 4.11. The molecule has 0 aliphatic carbocycles. The van der Waals surface area contributed by atoms with Crippen LogP contribution >= 0.6 is 11.6 Å². The van der Waals surface area contributed by atoms with Crippen LogP contribution in [0.25, 0.3) is 0 Å². The first kappa shape index (κ1) is 21.8. The van der Waals surface area contributed by atoms with Crippen molar-refractivity contribution in [1.82, 2.24) is 0 Å². The zero-order valence-electron chi connectivity index (χ0n) is 16.9. The zero-order valence-corrected chi connectivity index (χ0v) is 17.7. The molecule has 9 heteroatoms. The average molecular weight is 455 g/mol. The van der Waals surface area contributed by atoms with Gasteiger partial charge >= 0.3 is 0 Å². The highest BCUT2D eigenvalue weighted by Gasteiger charge is 2.35. The third kappa shape index (κ3) is 4.32. The molecule has 0 aromatic heterocycles. The number of ether oxygens (including phenoxy) is 1. The number of hydrogen-bond acceptors (Lipinski definition) is 4. The number of carbonyl (C=O) groups excluding carboxylic acids is 1. The van der Waals surface area contributed by atoms with Crippen molar-refractivity contribution in [2.24, 2.45) is 0 Å². The number of benzene rings is 2. The number of fused-ring (bicyclic) bond motifs is 1. The second-order valence-corrected chi connectivity index (χ2v) is 8.54. The van der Waals surface area contributed by atoms with Crippen molar-refractivity contribution in [3.63, 3.8) is 0 Å². The highest BCUT2D eigenvalue weighted by molar-refractivity contribution is 6.30. The van der Waals surface area contributed by atoms with Gasteiger partial charge in [-0.25, -0.2) is 13.2 Å². The summed E-state index contributed by atoms with van der Waals surface area (Å²) in [6, 6.07) is 3.37. The Hall–Kier alpha value is -2.45. The van der Waals surface area contributed by atoms with Gasteiger partial charge in [0.15, 0.2) is 11.6 Å². The normalized spacial score (nSPS) is 17.9. The van der Waals surface area contributed by atoms with Crippen LogP contribution in [0, 0.1) is 24.4 Å². The Kier molecular flexibility index (Phi) is 5.79. The largest absolute Gasteiger partial charge is 0.490 e. The van der Waals surface area contributed by atoms with E-state index in [9.17, 15) is 23.1 Å². The Bertz CT molecular complexity index is 1020. The number of carbonyl (C=O) groups is 1. The van der Waals surface area contributed by atoms with E-state index in [0.29, 0.717) is 23.2 Å². The van der Waals surface area contributed by atoms with E-state index < -0.39 is 23.1 Å². The van der Waals surface area contributed by atoms with E-state index in [0.717, 1.165) is 12.1 Å². The fourth-order valence-corrected chi connectivity index (χ4v) is 4.30. The molecule has 0 radical (unpaired) electrons. The van der Waals surface area contributed by atoms with E-state index in [2.05, 4.69) is 5.32 Å². The third-order valence-corrected chi connectivity index (χ3v) is 6.16. The molecule has 5 nitrogen and oxygen atoms in total. The molecular formula is C22H22ClF3N2O3. The molecule has 2 aromatic carbocycles. The summed E-state index contributed by atoms with van der Waals surface area (Å²) in [6.07, 6.45) is 1.11. The van der Waals surface area contributed by atoms with Gasteiger partial charge in [-0.2, -0.15) is 0 Å². The minimum Gasteiger partial charge on any atom is -0.490 e. The number of anilines is 2. The molecule has 166 valence electrons. The lowest BCUT2D eigenvalue weighted by Gasteiger charge is -2.39. The predicted molar refractivity (Wildman–Crippen MR) is 111 cm³/mol. The fraction of sp³-hybridized carbons (Fsp3) is 0.409. The number of amides is 1. The summed E-state index contributed by atoms with van der Waals surface area (Å²) in [5, 5.41) is 13.6. The summed E-state index contributed by atoms with van der Waals surface area (Å²) in [4.78, 5) is 13.2. The Morgan fingerprint density at radius 2 is 1.77 bits per heavy atom. The lowest BCUT2D eigenvalue weighted by atomic mass is 9.91. The Balaban J connectivity index is 1.46. The van der Waals surface area contributed by atoms with E-state index in [1.165, 1.54) is 11.0 Å². The third-order valence-electron chi connectivity index (χ3n) is 5.95. The molecule has 1 amide bonds. The minimum atomic E-state index is -1.23. The van der Waals surface area contributed by atoms with Crippen LogP contribution in [0.4, 0.5) is 24.5 Å². The predicted octanol–water partition coefficient (Wildman–Crippen LogP) is 4.36. The second kappa shape index (κ2) is 8.24. The lowest BCUT2D eigenvalue weighted by molar-refractivity contribution is -0.116. The maximum Gasteiger partial charge on any atom is 0.224 e. The van der Waals surface area contributed by atoms with Gasteiger partial charge in [-0.3, -0.25) is 4.79 Å². The molecule has 2 heterocycles. The lowest BCUT2D eigenvalue weighted by Crippen LogP contribution is -2.48. The molecule has 31 heavy (non-hydrogen) atoms. The quantitative estimate of drug-likeness (QED) is 0.720. The van der Waals surface area contributed by atoms with E-state index in [4.69, 9.17) is 16.3 Å². The topological polar surface area (TPSA) is 61.8 Å². The van der Waals surface area contributed by atoms with Gasteiger partial charge in [-0.15, -0.1) is 0 Å². The molecule has 0 saturated carbocycles. The van der Waals surface area contributed by atoms with Crippen molar-refractivity contribution in [3.8, 4) is 5.75 Å². The maximum absolute atomic E-state index is 14.3. The number of nitrogens with zero attached hydrogens (tertiary/aromatic N) is 1. The SMILES string of the molecule is Cc1c(F)cc(OCC2(O)CCN(c3c(F)cc(Cl)cc3F)CC2)c2c1NC(=O)CC2. The maximum atomic E-state index is 14.3. The molecule has 2 N–H and O–H groups in total. The van der Waals surface area contributed by atoms with Crippen molar-refractivity contribution < 1.29 is 27.8 Å².